The number of nitrogens with zero attached hydrogens (tertiary/aromatic N) is 5. The lowest BCUT2D eigenvalue weighted by atomic mass is 9.93. The molecule has 30 heavy (non-hydrogen) atoms. The van der Waals surface area contributed by atoms with E-state index < -0.39 is 0 Å². The molecule has 1 fully saturated rings. The van der Waals surface area contributed by atoms with Crippen molar-refractivity contribution in [2.24, 2.45) is 0 Å². The molecule has 3 heterocycles. The van der Waals surface area contributed by atoms with Crippen LogP contribution in [0.3, 0.4) is 0 Å². The van der Waals surface area contributed by atoms with Crippen LogP contribution in [0, 0.1) is 0 Å². The van der Waals surface area contributed by atoms with Crippen molar-refractivity contribution < 1.29 is 9.84 Å². The van der Waals surface area contributed by atoms with Crippen molar-refractivity contribution in [2.45, 2.75) is 42.9 Å². The minimum Gasteiger partial charge on any atom is -0.481 e. The summed E-state index contributed by atoms with van der Waals surface area (Å²) >= 11 is 1.82. The Morgan fingerprint density at radius 3 is 2.67 bits per heavy atom. The molecule has 156 valence electrons. The molecule has 0 bridgehead atoms. The standard InChI is InChI=1S/C22H25N5O2S/c1-21(13-28)12-18-25-26-20(27(18)9-10-30-21)22(7-8-22)16-5-3-15(4-6-16)17-11-19(29-2)24-14-23-17/h3-6,11,14,28H,7-10,12-13H2,1-2H3. The maximum Gasteiger partial charge on any atom is 0.216 e. The second kappa shape index (κ2) is 7.35. The van der Waals surface area contributed by atoms with Crippen LogP contribution < -0.4 is 4.74 Å². The highest BCUT2D eigenvalue weighted by atomic mass is 32.2. The first-order valence-electron chi connectivity index (χ1n) is 10.2. The smallest absolute Gasteiger partial charge is 0.216 e. The molecule has 8 heteroatoms. The fourth-order valence-electron chi connectivity index (χ4n) is 4.26. The molecule has 1 N–H and O–H groups in total. The number of hydrogen-bond acceptors (Lipinski definition) is 7. The quantitative estimate of drug-likeness (QED) is 0.675. The number of hydrogen-bond donors (Lipinski definition) is 1. The Balaban J connectivity index is 1.46. The monoisotopic (exact) mass is 423 g/mol. The Bertz CT molecular complexity index is 1060. The van der Waals surface area contributed by atoms with Gasteiger partial charge in [0.05, 0.1) is 24.8 Å². The Hall–Kier alpha value is -2.45. The van der Waals surface area contributed by atoms with Crippen molar-refractivity contribution in [3.8, 4) is 17.1 Å². The van der Waals surface area contributed by atoms with Gasteiger partial charge in [0, 0.05) is 35.1 Å². The van der Waals surface area contributed by atoms with Crippen LogP contribution in [0.4, 0.5) is 0 Å². The summed E-state index contributed by atoms with van der Waals surface area (Å²) in [5, 5.41) is 19.0. The first-order chi connectivity index (χ1) is 14.6. The Kier molecular flexibility index (Phi) is 4.78. The third-order valence-electron chi connectivity index (χ3n) is 6.22. The largest absolute Gasteiger partial charge is 0.481 e. The second-order valence-electron chi connectivity index (χ2n) is 8.33. The molecule has 1 saturated carbocycles. The van der Waals surface area contributed by atoms with E-state index >= 15 is 0 Å². The average Bonchev–Trinajstić information content (AvgIpc) is 3.53. The van der Waals surface area contributed by atoms with Gasteiger partial charge < -0.3 is 14.4 Å². The Labute approximate surface area is 179 Å². The Morgan fingerprint density at radius 1 is 1.17 bits per heavy atom. The number of rotatable bonds is 5. The summed E-state index contributed by atoms with van der Waals surface area (Å²) in [5.74, 6) is 3.57. The van der Waals surface area contributed by atoms with Crippen molar-refractivity contribution in [1.29, 1.82) is 0 Å². The van der Waals surface area contributed by atoms with E-state index in [4.69, 9.17) is 4.74 Å². The summed E-state index contributed by atoms with van der Waals surface area (Å²) < 4.78 is 7.32. The molecule has 0 saturated heterocycles. The van der Waals surface area contributed by atoms with E-state index in [1.807, 2.05) is 17.8 Å². The maximum absolute atomic E-state index is 9.82. The van der Waals surface area contributed by atoms with Crippen LogP contribution in [0.1, 0.15) is 37.0 Å². The summed E-state index contributed by atoms with van der Waals surface area (Å²) in [6.07, 6.45) is 4.42. The van der Waals surface area contributed by atoms with Crippen LogP contribution in [0.5, 0.6) is 5.88 Å². The first-order valence-corrected chi connectivity index (χ1v) is 11.2. The summed E-state index contributed by atoms with van der Waals surface area (Å²) in [6, 6.07) is 10.4. The molecule has 1 aliphatic carbocycles. The van der Waals surface area contributed by atoms with E-state index in [-0.39, 0.29) is 16.8 Å². The molecule has 5 rings (SSSR count). The number of fused-ring (bicyclic) bond motifs is 1. The number of benzene rings is 1. The molecule has 1 aromatic carbocycles. The van der Waals surface area contributed by atoms with Crippen molar-refractivity contribution in [3.05, 3.63) is 53.9 Å². The number of aliphatic hydroxyl groups is 1. The number of methoxy groups -OCH3 is 1. The minimum absolute atomic E-state index is 0.0578. The SMILES string of the molecule is COc1cc(-c2ccc(C3(c4nnc5n4CCSC(C)(CO)C5)CC3)cc2)ncn1. The third kappa shape index (κ3) is 3.28. The zero-order valence-corrected chi connectivity index (χ0v) is 18.0. The van der Waals surface area contributed by atoms with Gasteiger partial charge in [-0.15, -0.1) is 10.2 Å². The summed E-state index contributed by atoms with van der Waals surface area (Å²) in [6.45, 7) is 3.15. The van der Waals surface area contributed by atoms with Gasteiger partial charge in [-0.3, -0.25) is 0 Å². The molecule has 1 unspecified atom stereocenters. The lowest BCUT2D eigenvalue weighted by molar-refractivity contribution is 0.254. The van der Waals surface area contributed by atoms with Gasteiger partial charge >= 0.3 is 0 Å². The fraction of sp³-hybridized carbons (Fsp3) is 0.455. The van der Waals surface area contributed by atoms with Crippen molar-refractivity contribution in [1.82, 2.24) is 24.7 Å². The van der Waals surface area contributed by atoms with E-state index in [0.717, 1.165) is 54.5 Å². The van der Waals surface area contributed by atoms with Crippen molar-refractivity contribution in [2.75, 3.05) is 19.5 Å². The van der Waals surface area contributed by atoms with Gasteiger partial charge in [0.15, 0.2) is 0 Å². The van der Waals surface area contributed by atoms with Crippen molar-refractivity contribution >= 4 is 11.8 Å². The zero-order chi connectivity index (χ0) is 20.8. The molecule has 2 aliphatic rings. The Morgan fingerprint density at radius 2 is 1.97 bits per heavy atom. The van der Waals surface area contributed by atoms with E-state index in [2.05, 4.69) is 55.9 Å². The second-order valence-corrected chi connectivity index (χ2v) is 10.0. The molecule has 0 radical (unpaired) electrons. The van der Waals surface area contributed by atoms with Crippen LogP contribution >= 0.6 is 11.8 Å². The normalized spacial score (nSPS) is 22.2. The minimum atomic E-state index is -0.185. The summed E-state index contributed by atoms with van der Waals surface area (Å²) in [4.78, 5) is 8.44. The van der Waals surface area contributed by atoms with Gasteiger partial charge in [0.25, 0.3) is 0 Å². The van der Waals surface area contributed by atoms with Gasteiger partial charge in [0.1, 0.15) is 18.0 Å². The summed E-state index contributed by atoms with van der Waals surface area (Å²) in [7, 11) is 1.61. The molecular weight excluding hydrogens is 398 g/mol. The van der Waals surface area contributed by atoms with E-state index in [1.165, 1.54) is 11.9 Å². The molecule has 3 aromatic rings. The molecule has 7 nitrogen and oxygen atoms in total. The van der Waals surface area contributed by atoms with Crippen LogP contribution in [-0.2, 0) is 18.4 Å². The number of thioether (sulfide) groups is 1. The van der Waals surface area contributed by atoms with E-state index in [1.54, 1.807) is 7.11 Å². The zero-order valence-electron chi connectivity index (χ0n) is 17.2. The molecule has 2 aromatic heterocycles. The van der Waals surface area contributed by atoms with Crippen LogP contribution in [0.15, 0.2) is 36.7 Å². The highest BCUT2D eigenvalue weighted by Gasteiger charge is 2.50. The fourth-order valence-corrected chi connectivity index (χ4v) is 5.35. The average molecular weight is 424 g/mol. The highest BCUT2D eigenvalue weighted by Crippen LogP contribution is 2.53. The topological polar surface area (TPSA) is 86.0 Å². The lowest BCUT2D eigenvalue weighted by Gasteiger charge is -2.23. The van der Waals surface area contributed by atoms with Crippen LogP contribution in [0.2, 0.25) is 0 Å². The van der Waals surface area contributed by atoms with Crippen LogP contribution in [0.25, 0.3) is 11.3 Å². The predicted molar refractivity (Wildman–Crippen MR) is 116 cm³/mol. The van der Waals surface area contributed by atoms with E-state index in [0.29, 0.717) is 5.88 Å². The highest BCUT2D eigenvalue weighted by molar-refractivity contribution is 8.00. The molecular formula is C22H25N5O2S. The van der Waals surface area contributed by atoms with Gasteiger partial charge in [0.2, 0.25) is 5.88 Å². The molecule has 0 amide bonds. The number of aromatic nitrogens is 5. The van der Waals surface area contributed by atoms with E-state index in [9.17, 15) is 5.11 Å². The predicted octanol–water partition coefficient (Wildman–Crippen LogP) is 2.86. The molecule has 1 atom stereocenters. The van der Waals surface area contributed by atoms with Gasteiger partial charge in [-0.05, 0) is 25.3 Å². The van der Waals surface area contributed by atoms with Crippen molar-refractivity contribution in [3.63, 3.8) is 0 Å². The maximum atomic E-state index is 9.82. The third-order valence-corrected chi connectivity index (χ3v) is 7.58. The van der Waals surface area contributed by atoms with Gasteiger partial charge in [-0.1, -0.05) is 24.3 Å². The lowest BCUT2D eigenvalue weighted by Crippen LogP contribution is -2.28. The first kappa shape index (κ1) is 19.5. The van der Waals surface area contributed by atoms with Gasteiger partial charge in [-0.2, -0.15) is 11.8 Å². The number of ether oxygens (including phenoxy) is 1. The molecule has 1 aliphatic heterocycles. The number of aliphatic hydroxyl groups excluding tert-OH is 1. The molecule has 0 spiro atoms. The van der Waals surface area contributed by atoms with Crippen LogP contribution in [-0.4, -0.2) is 54.1 Å². The summed E-state index contributed by atoms with van der Waals surface area (Å²) in [5.41, 5.74) is 3.09. The van der Waals surface area contributed by atoms with Gasteiger partial charge in [-0.25, -0.2) is 9.97 Å².